The number of rotatable bonds is 4. The van der Waals surface area contributed by atoms with Crippen LogP contribution in [0.15, 0.2) is 24.3 Å². The molecule has 1 aliphatic rings. The zero-order valence-electron chi connectivity index (χ0n) is 11.3. The fourth-order valence-electron chi connectivity index (χ4n) is 2.14. The van der Waals surface area contributed by atoms with Crippen molar-refractivity contribution in [3.05, 3.63) is 24.3 Å². The minimum absolute atomic E-state index is 0.0477. The van der Waals surface area contributed by atoms with Crippen LogP contribution in [-0.2, 0) is 4.79 Å². The Morgan fingerprint density at radius 1 is 1.47 bits per heavy atom. The van der Waals surface area contributed by atoms with Crippen LogP contribution in [0, 0.1) is 0 Å². The van der Waals surface area contributed by atoms with Gasteiger partial charge in [-0.3, -0.25) is 9.69 Å². The fourth-order valence-corrected chi connectivity index (χ4v) is 3.39. The molecule has 0 spiro atoms. The topological polar surface area (TPSA) is 58.4 Å². The molecule has 0 aliphatic carbocycles. The molecule has 0 radical (unpaired) electrons. The number of carbonyl (C=O) groups excluding carboxylic acids is 1. The van der Waals surface area contributed by atoms with E-state index in [2.05, 4.69) is 17.1 Å². The number of benzene rings is 1. The van der Waals surface area contributed by atoms with Crippen molar-refractivity contribution in [2.75, 3.05) is 36.4 Å². The zero-order valence-corrected chi connectivity index (χ0v) is 12.1. The molecule has 1 aromatic rings. The Kier molecular flexibility index (Phi) is 5.10. The Labute approximate surface area is 118 Å². The van der Waals surface area contributed by atoms with Crippen molar-refractivity contribution in [1.82, 2.24) is 4.90 Å². The monoisotopic (exact) mass is 279 g/mol. The van der Waals surface area contributed by atoms with Crippen LogP contribution < -0.4 is 11.1 Å². The van der Waals surface area contributed by atoms with E-state index in [4.69, 9.17) is 5.73 Å². The van der Waals surface area contributed by atoms with E-state index in [0.29, 0.717) is 17.5 Å². The summed E-state index contributed by atoms with van der Waals surface area (Å²) in [6.07, 6.45) is 1.17. The second-order valence-corrected chi connectivity index (χ2v) is 6.21. The number of hydrogen-bond acceptors (Lipinski definition) is 4. The summed E-state index contributed by atoms with van der Waals surface area (Å²) in [6, 6.07) is 7.24. The average Bonchev–Trinajstić information content (AvgIpc) is 2.41. The lowest BCUT2D eigenvalue weighted by molar-refractivity contribution is -0.117. The third-order valence-electron chi connectivity index (χ3n) is 3.24. The Bertz CT molecular complexity index is 421. The smallest absolute Gasteiger partial charge is 0.238 e. The molecule has 0 bridgehead atoms. The Hall–Kier alpha value is -1.20. The molecular formula is C14H21N3OS. The molecule has 2 rings (SSSR count). The Morgan fingerprint density at radius 2 is 2.21 bits per heavy atom. The van der Waals surface area contributed by atoms with Crippen molar-refractivity contribution in [3.63, 3.8) is 0 Å². The summed E-state index contributed by atoms with van der Waals surface area (Å²) < 4.78 is 0. The van der Waals surface area contributed by atoms with Gasteiger partial charge in [-0.25, -0.2) is 0 Å². The van der Waals surface area contributed by atoms with Gasteiger partial charge in [-0.15, -0.1) is 0 Å². The second kappa shape index (κ2) is 6.82. The third-order valence-corrected chi connectivity index (χ3v) is 4.61. The van der Waals surface area contributed by atoms with Gasteiger partial charge >= 0.3 is 0 Å². The van der Waals surface area contributed by atoms with Gasteiger partial charge in [-0.05, 0) is 30.7 Å². The van der Waals surface area contributed by atoms with Crippen molar-refractivity contribution in [2.24, 2.45) is 0 Å². The van der Waals surface area contributed by atoms with Gasteiger partial charge < -0.3 is 11.1 Å². The molecule has 104 valence electrons. The lowest BCUT2D eigenvalue weighted by atomic mass is 10.2. The summed E-state index contributed by atoms with van der Waals surface area (Å²) in [6.45, 7) is 4.68. The van der Waals surface area contributed by atoms with E-state index < -0.39 is 0 Å². The summed E-state index contributed by atoms with van der Waals surface area (Å²) in [5, 5.41) is 3.57. The Balaban J connectivity index is 1.82. The SMILES string of the molecule is CCC1CN(CC(=O)Nc2ccc(N)cc2)CCS1. The highest BCUT2D eigenvalue weighted by atomic mass is 32.2. The molecule has 5 heteroatoms. The van der Waals surface area contributed by atoms with Crippen LogP contribution in [0.5, 0.6) is 0 Å². The number of thioether (sulfide) groups is 1. The Morgan fingerprint density at radius 3 is 2.89 bits per heavy atom. The maximum Gasteiger partial charge on any atom is 0.238 e. The van der Waals surface area contributed by atoms with Gasteiger partial charge in [0.1, 0.15) is 0 Å². The van der Waals surface area contributed by atoms with E-state index in [1.807, 2.05) is 23.9 Å². The van der Waals surface area contributed by atoms with Crippen LogP contribution in [0.25, 0.3) is 0 Å². The largest absolute Gasteiger partial charge is 0.399 e. The summed E-state index contributed by atoms with van der Waals surface area (Å²) >= 11 is 2.01. The van der Waals surface area contributed by atoms with Crippen molar-refractivity contribution in [2.45, 2.75) is 18.6 Å². The number of hydrogen-bond donors (Lipinski definition) is 2. The molecular weight excluding hydrogens is 258 g/mol. The van der Waals surface area contributed by atoms with Crippen molar-refractivity contribution in [1.29, 1.82) is 0 Å². The van der Waals surface area contributed by atoms with Crippen LogP contribution in [-0.4, -0.2) is 41.4 Å². The maximum atomic E-state index is 12.0. The van der Waals surface area contributed by atoms with Crippen LogP contribution in [0.3, 0.4) is 0 Å². The molecule has 1 saturated heterocycles. The molecule has 1 amide bonds. The first-order valence-electron chi connectivity index (χ1n) is 6.66. The lowest BCUT2D eigenvalue weighted by Crippen LogP contribution is -2.42. The predicted molar refractivity (Wildman–Crippen MR) is 82.5 cm³/mol. The fraction of sp³-hybridized carbons (Fsp3) is 0.500. The van der Waals surface area contributed by atoms with Gasteiger partial charge in [0, 0.05) is 35.5 Å². The summed E-state index contributed by atoms with van der Waals surface area (Å²) in [5.74, 6) is 1.17. The van der Waals surface area contributed by atoms with Gasteiger partial charge in [-0.2, -0.15) is 11.8 Å². The quantitative estimate of drug-likeness (QED) is 0.828. The molecule has 1 atom stereocenters. The summed E-state index contributed by atoms with van der Waals surface area (Å²) in [7, 11) is 0. The first kappa shape index (κ1) is 14.2. The van der Waals surface area contributed by atoms with Crippen LogP contribution in [0.1, 0.15) is 13.3 Å². The van der Waals surface area contributed by atoms with E-state index >= 15 is 0 Å². The van der Waals surface area contributed by atoms with E-state index in [0.717, 1.165) is 24.5 Å². The van der Waals surface area contributed by atoms with Gasteiger partial charge in [0.2, 0.25) is 5.91 Å². The number of nitrogen functional groups attached to an aromatic ring is 1. The zero-order chi connectivity index (χ0) is 13.7. The molecule has 1 heterocycles. The number of anilines is 2. The van der Waals surface area contributed by atoms with Crippen molar-refractivity contribution < 1.29 is 4.79 Å². The molecule has 0 saturated carbocycles. The standard InChI is InChI=1S/C14H21N3OS/c1-2-13-9-17(7-8-19-13)10-14(18)16-12-5-3-11(15)4-6-12/h3-6,13H,2,7-10,15H2,1H3,(H,16,18). The molecule has 3 N–H and O–H groups in total. The molecule has 0 aromatic heterocycles. The van der Waals surface area contributed by atoms with Crippen LogP contribution in [0.4, 0.5) is 11.4 Å². The summed E-state index contributed by atoms with van der Waals surface area (Å²) in [5.41, 5.74) is 7.12. The van der Waals surface area contributed by atoms with E-state index in [1.165, 1.54) is 6.42 Å². The molecule has 1 aliphatic heterocycles. The van der Waals surface area contributed by atoms with Crippen molar-refractivity contribution >= 4 is 29.0 Å². The number of nitrogens with zero attached hydrogens (tertiary/aromatic N) is 1. The van der Waals surface area contributed by atoms with Crippen molar-refractivity contribution in [3.8, 4) is 0 Å². The highest BCUT2D eigenvalue weighted by molar-refractivity contribution is 8.00. The highest BCUT2D eigenvalue weighted by Crippen LogP contribution is 2.20. The lowest BCUT2D eigenvalue weighted by Gasteiger charge is -2.31. The van der Waals surface area contributed by atoms with E-state index in [-0.39, 0.29) is 5.91 Å². The van der Waals surface area contributed by atoms with E-state index in [1.54, 1.807) is 12.1 Å². The van der Waals surface area contributed by atoms with Crippen LogP contribution >= 0.6 is 11.8 Å². The van der Waals surface area contributed by atoms with E-state index in [9.17, 15) is 4.79 Å². The minimum atomic E-state index is 0.0477. The molecule has 1 fully saturated rings. The average molecular weight is 279 g/mol. The maximum absolute atomic E-state index is 12.0. The number of amides is 1. The number of nitrogens with two attached hydrogens (primary N) is 1. The normalized spacial score (nSPS) is 20.2. The number of carbonyl (C=O) groups is 1. The highest BCUT2D eigenvalue weighted by Gasteiger charge is 2.20. The van der Waals surface area contributed by atoms with Gasteiger partial charge in [-0.1, -0.05) is 6.92 Å². The number of nitrogens with one attached hydrogen (secondary N) is 1. The first-order chi connectivity index (χ1) is 9.17. The minimum Gasteiger partial charge on any atom is -0.399 e. The molecule has 1 unspecified atom stereocenters. The third kappa shape index (κ3) is 4.44. The first-order valence-corrected chi connectivity index (χ1v) is 7.71. The van der Waals surface area contributed by atoms with Gasteiger partial charge in [0.15, 0.2) is 0 Å². The van der Waals surface area contributed by atoms with Gasteiger partial charge in [0.05, 0.1) is 6.54 Å². The molecule has 4 nitrogen and oxygen atoms in total. The predicted octanol–water partition coefficient (Wildman–Crippen LogP) is 2.03. The molecule has 1 aromatic carbocycles. The second-order valence-electron chi connectivity index (χ2n) is 4.81. The van der Waals surface area contributed by atoms with Gasteiger partial charge in [0.25, 0.3) is 0 Å². The summed E-state index contributed by atoms with van der Waals surface area (Å²) in [4.78, 5) is 14.2. The molecule has 19 heavy (non-hydrogen) atoms. The van der Waals surface area contributed by atoms with Crippen LogP contribution in [0.2, 0.25) is 0 Å².